The van der Waals surface area contributed by atoms with Crippen LogP contribution in [0.2, 0.25) is 5.02 Å². The highest BCUT2D eigenvalue weighted by molar-refractivity contribution is 7.92. The molecule has 0 spiro atoms. The minimum atomic E-state index is -3.89. The third-order valence-electron chi connectivity index (χ3n) is 6.55. The molecule has 9 nitrogen and oxygen atoms in total. The van der Waals surface area contributed by atoms with Crippen molar-refractivity contribution in [1.82, 2.24) is 10.2 Å². The number of nitrogens with one attached hydrogen (secondary N) is 1. The van der Waals surface area contributed by atoms with E-state index in [1.165, 1.54) is 24.3 Å². The van der Waals surface area contributed by atoms with Gasteiger partial charge in [0.2, 0.25) is 5.91 Å². The van der Waals surface area contributed by atoms with Gasteiger partial charge in [0.05, 0.1) is 21.2 Å². The van der Waals surface area contributed by atoms with Crippen LogP contribution in [0, 0.1) is 11.3 Å². The predicted octanol–water partition coefficient (Wildman–Crippen LogP) is 2.83. The van der Waals surface area contributed by atoms with Crippen molar-refractivity contribution < 1.29 is 22.7 Å². The van der Waals surface area contributed by atoms with Crippen LogP contribution >= 0.6 is 11.6 Å². The van der Waals surface area contributed by atoms with E-state index < -0.39 is 38.9 Å². The number of carbonyl (C=O) groups is 2. The fourth-order valence-electron chi connectivity index (χ4n) is 4.42. The van der Waals surface area contributed by atoms with E-state index in [0.29, 0.717) is 12.8 Å². The number of halogens is 1. The maximum Gasteiger partial charge on any atom is 0.410 e. The molecular formula is C22H27ClN4O5S. The van der Waals surface area contributed by atoms with Crippen molar-refractivity contribution in [1.29, 1.82) is 5.26 Å². The van der Waals surface area contributed by atoms with Gasteiger partial charge in [-0.2, -0.15) is 5.26 Å². The van der Waals surface area contributed by atoms with Gasteiger partial charge in [-0.05, 0) is 50.3 Å². The number of hydrogen-bond donors (Lipinski definition) is 1. The second-order valence-electron chi connectivity index (χ2n) is 8.92. The monoisotopic (exact) mass is 494 g/mol. The lowest BCUT2D eigenvalue weighted by molar-refractivity contribution is -0.135. The molecule has 1 aliphatic carbocycles. The van der Waals surface area contributed by atoms with Crippen LogP contribution in [-0.2, 0) is 19.4 Å². The number of piperidine rings is 1. The Kier molecular flexibility index (Phi) is 6.47. The van der Waals surface area contributed by atoms with Gasteiger partial charge in [-0.3, -0.25) is 4.79 Å². The number of nitriles is 1. The molecule has 1 saturated carbocycles. The van der Waals surface area contributed by atoms with Crippen LogP contribution in [0.5, 0.6) is 0 Å². The second kappa shape index (κ2) is 9.03. The lowest BCUT2D eigenvalue weighted by Crippen LogP contribution is -2.42. The largest absolute Gasteiger partial charge is 0.425 e. The highest BCUT2D eigenvalue weighted by Gasteiger charge is 2.47. The van der Waals surface area contributed by atoms with Crippen molar-refractivity contribution in [2.24, 2.45) is 0 Å². The number of hydrogen-bond acceptors (Lipinski definition) is 7. The Labute approximate surface area is 198 Å². The van der Waals surface area contributed by atoms with E-state index in [4.69, 9.17) is 21.6 Å². The number of carbonyl (C=O) groups excluding carboxylic acids is 2. The van der Waals surface area contributed by atoms with Crippen LogP contribution in [-0.4, -0.2) is 62.0 Å². The van der Waals surface area contributed by atoms with Crippen LogP contribution in [0.25, 0.3) is 0 Å². The number of rotatable bonds is 5. The number of benzene rings is 1. The average Bonchev–Trinajstić information content (AvgIpc) is 3.42. The molecule has 2 heterocycles. The number of anilines is 1. The van der Waals surface area contributed by atoms with Gasteiger partial charge in [0.15, 0.2) is 16.1 Å². The number of nitrogens with zero attached hydrogens (tertiary/aromatic N) is 3. The second-order valence-corrected chi connectivity index (χ2v) is 11.5. The van der Waals surface area contributed by atoms with Gasteiger partial charge >= 0.3 is 6.09 Å². The molecule has 0 unspecified atom stereocenters. The molecule has 33 heavy (non-hydrogen) atoms. The molecule has 3 fully saturated rings. The first-order valence-corrected chi connectivity index (χ1v) is 13.0. The molecule has 0 bridgehead atoms. The molecule has 2 aliphatic heterocycles. The zero-order valence-electron chi connectivity index (χ0n) is 18.4. The first-order valence-electron chi connectivity index (χ1n) is 11.1. The normalized spacial score (nSPS) is 24.2. The fraction of sp³-hybridized carbons (Fsp3) is 0.591. The van der Waals surface area contributed by atoms with Crippen LogP contribution in [0.3, 0.4) is 0 Å². The van der Waals surface area contributed by atoms with E-state index in [2.05, 4.69) is 10.2 Å². The minimum absolute atomic E-state index is 0.00458. The number of amides is 2. The van der Waals surface area contributed by atoms with Gasteiger partial charge in [0.1, 0.15) is 5.54 Å². The highest BCUT2D eigenvalue weighted by Crippen LogP contribution is 2.36. The summed E-state index contributed by atoms with van der Waals surface area (Å²) in [5.74, 6) is -0.404. The first kappa shape index (κ1) is 23.6. The molecule has 1 aromatic carbocycles. The van der Waals surface area contributed by atoms with Crippen molar-refractivity contribution in [3.63, 3.8) is 0 Å². The van der Waals surface area contributed by atoms with Gasteiger partial charge < -0.3 is 19.9 Å². The Balaban J connectivity index is 1.49. The zero-order valence-corrected chi connectivity index (χ0v) is 20.0. The standard InChI is InChI=1S/C22H27ClN4O5S/c1-15(28)27-13-17(12-20(27)32-21(29)25-22(14-24)7-8-22)33(30,31)19-6-5-16(11-18(19)23)26-9-3-2-4-10-26/h5-6,11,17,20H,2-4,7-10,12-13H2,1H3,(H,25,29)/t17-,20+/m1/s1. The van der Waals surface area contributed by atoms with Crippen molar-refractivity contribution in [3.8, 4) is 6.07 Å². The van der Waals surface area contributed by atoms with Gasteiger partial charge in [-0.25, -0.2) is 13.2 Å². The maximum atomic E-state index is 13.4. The quantitative estimate of drug-likeness (QED) is 0.668. The SMILES string of the molecule is CC(=O)N1C[C@H](S(=O)(=O)c2ccc(N3CCCCC3)cc2Cl)C[C@@H]1OC(=O)NC1(C#N)CC1. The van der Waals surface area contributed by atoms with Crippen molar-refractivity contribution in [2.45, 2.75) is 67.4 Å². The minimum Gasteiger partial charge on any atom is -0.425 e. The molecule has 178 valence electrons. The molecule has 3 aliphatic rings. The number of alkyl carbamates (subject to hydrolysis) is 1. The Morgan fingerprint density at radius 3 is 2.52 bits per heavy atom. The Bertz CT molecular complexity index is 1090. The molecular weight excluding hydrogens is 468 g/mol. The van der Waals surface area contributed by atoms with Gasteiger partial charge in [0.25, 0.3) is 0 Å². The predicted molar refractivity (Wildman–Crippen MR) is 121 cm³/mol. The third kappa shape index (κ3) is 4.89. The lowest BCUT2D eigenvalue weighted by atomic mass is 10.1. The van der Waals surface area contributed by atoms with Crippen molar-refractivity contribution in [2.75, 3.05) is 24.5 Å². The number of likely N-dealkylation sites (tertiary alicyclic amines) is 1. The molecule has 1 N–H and O–H groups in total. The first-order chi connectivity index (χ1) is 15.6. The molecule has 0 aromatic heterocycles. The lowest BCUT2D eigenvalue weighted by Gasteiger charge is -2.29. The van der Waals surface area contributed by atoms with E-state index in [0.717, 1.165) is 31.6 Å². The van der Waals surface area contributed by atoms with Crippen LogP contribution in [0.1, 0.15) is 45.4 Å². The summed E-state index contributed by atoms with van der Waals surface area (Å²) < 4.78 is 32.1. The summed E-state index contributed by atoms with van der Waals surface area (Å²) in [5, 5.41) is 10.8. The Morgan fingerprint density at radius 2 is 1.94 bits per heavy atom. The molecule has 4 rings (SSSR count). The molecule has 1 aromatic rings. The average molecular weight is 495 g/mol. The van der Waals surface area contributed by atoms with Gasteiger partial charge in [-0.1, -0.05) is 11.6 Å². The summed E-state index contributed by atoms with van der Waals surface area (Å²) in [7, 11) is -3.89. The van der Waals surface area contributed by atoms with Gasteiger partial charge in [-0.15, -0.1) is 0 Å². The van der Waals surface area contributed by atoms with E-state index in [1.54, 1.807) is 12.1 Å². The fourth-order valence-corrected chi connectivity index (χ4v) is 6.64. The van der Waals surface area contributed by atoms with Crippen molar-refractivity contribution in [3.05, 3.63) is 23.2 Å². The summed E-state index contributed by atoms with van der Waals surface area (Å²) in [4.78, 5) is 27.8. The third-order valence-corrected chi connectivity index (χ3v) is 9.16. The topological polar surface area (TPSA) is 120 Å². The maximum absolute atomic E-state index is 13.4. The molecule has 11 heteroatoms. The zero-order chi connectivity index (χ0) is 23.8. The van der Waals surface area contributed by atoms with E-state index in [1.807, 2.05) is 6.07 Å². The number of sulfone groups is 1. The Morgan fingerprint density at radius 1 is 1.24 bits per heavy atom. The number of ether oxygens (including phenoxy) is 1. The summed E-state index contributed by atoms with van der Waals surface area (Å²) in [5.41, 5.74) is -0.0360. The van der Waals surface area contributed by atoms with Crippen LogP contribution in [0.15, 0.2) is 23.1 Å². The van der Waals surface area contributed by atoms with E-state index >= 15 is 0 Å². The van der Waals surface area contributed by atoms with Gasteiger partial charge in [0, 0.05) is 38.7 Å². The summed E-state index contributed by atoms with van der Waals surface area (Å²) in [6.45, 7) is 3.00. The smallest absolute Gasteiger partial charge is 0.410 e. The Hall–Kier alpha value is -2.51. The summed E-state index contributed by atoms with van der Waals surface area (Å²) in [6.07, 6.45) is 2.47. The molecule has 2 saturated heterocycles. The van der Waals surface area contributed by atoms with Crippen LogP contribution < -0.4 is 10.2 Å². The molecule has 2 atom stereocenters. The van der Waals surface area contributed by atoms with E-state index in [-0.39, 0.29) is 22.9 Å². The van der Waals surface area contributed by atoms with Crippen LogP contribution in [0.4, 0.5) is 10.5 Å². The summed E-state index contributed by atoms with van der Waals surface area (Å²) >= 11 is 6.41. The molecule has 0 radical (unpaired) electrons. The molecule has 2 amide bonds. The highest BCUT2D eigenvalue weighted by atomic mass is 35.5. The van der Waals surface area contributed by atoms with Crippen molar-refractivity contribution >= 4 is 39.1 Å². The van der Waals surface area contributed by atoms with E-state index in [9.17, 15) is 18.0 Å². The summed E-state index contributed by atoms with van der Waals surface area (Å²) in [6, 6.07) is 6.98.